The zero-order chi connectivity index (χ0) is 17.4. The minimum Gasteiger partial charge on any atom is -0.495 e. The molecule has 0 fully saturated rings. The van der Waals surface area contributed by atoms with E-state index in [1.807, 2.05) is 29.7 Å². The summed E-state index contributed by atoms with van der Waals surface area (Å²) in [5, 5.41) is 0. The monoisotopic (exact) mass is 356 g/mol. The molecule has 0 spiro atoms. The number of aryl methyl sites for hydroxylation is 1. The second-order valence-electron chi connectivity index (χ2n) is 5.42. The highest BCUT2D eigenvalue weighted by Gasteiger charge is 2.17. The number of hydrogen-bond acceptors (Lipinski definition) is 5. The third kappa shape index (κ3) is 2.66. The number of fused-ring (bicyclic) bond motifs is 2. The van der Waals surface area contributed by atoms with Gasteiger partial charge in [0, 0.05) is 12.1 Å². The molecule has 0 radical (unpaired) electrons. The summed E-state index contributed by atoms with van der Waals surface area (Å²) in [5.41, 5.74) is 1.42. The van der Waals surface area contributed by atoms with Gasteiger partial charge in [-0.25, -0.2) is 0 Å². The van der Waals surface area contributed by atoms with E-state index in [2.05, 4.69) is 4.99 Å². The molecule has 0 saturated heterocycles. The Morgan fingerprint density at radius 3 is 2.92 bits per heavy atom. The van der Waals surface area contributed by atoms with Crippen LogP contribution in [-0.2, 0) is 6.54 Å². The summed E-state index contributed by atoms with van der Waals surface area (Å²) in [6, 6.07) is 10.9. The summed E-state index contributed by atoms with van der Waals surface area (Å²) in [4.78, 5) is 17.6. The first-order valence-electron chi connectivity index (χ1n) is 7.86. The standard InChI is InChI=1S/C18H16N2O4S/c1-3-20-16-13(22-2)5-4-6-15(16)25-18(20)19-17(21)11-7-8-12-14(9-11)24-10-23-12/h4-9H,3,10H2,1-2H3. The summed E-state index contributed by atoms with van der Waals surface area (Å²) in [7, 11) is 1.64. The lowest BCUT2D eigenvalue weighted by molar-refractivity contribution is 0.0997. The van der Waals surface area contributed by atoms with Gasteiger partial charge in [0.1, 0.15) is 11.3 Å². The molecule has 7 heteroatoms. The third-order valence-corrected chi connectivity index (χ3v) is 5.06. The number of methoxy groups -OCH3 is 1. The maximum Gasteiger partial charge on any atom is 0.279 e. The molecule has 2 aromatic carbocycles. The van der Waals surface area contributed by atoms with E-state index in [4.69, 9.17) is 14.2 Å². The topological polar surface area (TPSA) is 62.1 Å². The van der Waals surface area contributed by atoms with Crippen LogP contribution in [-0.4, -0.2) is 24.4 Å². The van der Waals surface area contributed by atoms with Crippen LogP contribution in [0.1, 0.15) is 17.3 Å². The molecule has 0 atom stereocenters. The second kappa shape index (κ2) is 6.25. The van der Waals surface area contributed by atoms with Gasteiger partial charge in [-0.3, -0.25) is 4.79 Å². The van der Waals surface area contributed by atoms with E-state index in [9.17, 15) is 4.79 Å². The van der Waals surface area contributed by atoms with Crippen molar-refractivity contribution in [1.82, 2.24) is 4.57 Å². The lowest BCUT2D eigenvalue weighted by atomic mass is 10.2. The number of hydrogen-bond donors (Lipinski definition) is 0. The largest absolute Gasteiger partial charge is 0.495 e. The lowest BCUT2D eigenvalue weighted by Gasteiger charge is -2.05. The Morgan fingerprint density at radius 2 is 2.12 bits per heavy atom. The van der Waals surface area contributed by atoms with E-state index in [1.54, 1.807) is 25.3 Å². The zero-order valence-corrected chi connectivity index (χ0v) is 14.6. The molecule has 3 aromatic rings. The Bertz CT molecular complexity index is 1040. The molecule has 0 saturated carbocycles. The first-order chi connectivity index (χ1) is 12.2. The van der Waals surface area contributed by atoms with E-state index in [0.29, 0.717) is 28.4 Å². The number of rotatable bonds is 3. The summed E-state index contributed by atoms with van der Waals surface area (Å²) in [5.74, 6) is 1.67. The van der Waals surface area contributed by atoms with Crippen molar-refractivity contribution in [1.29, 1.82) is 0 Å². The van der Waals surface area contributed by atoms with E-state index < -0.39 is 0 Å². The Labute approximate surface area is 147 Å². The van der Waals surface area contributed by atoms with Crippen LogP contribution in [0.3, 0.4) is 0 Å². The molecule has 0 aliphatic carbocycles. The van der Waals surface area contributed by atoms with E-state index in [-0.39, 0.29) is 12.7 Å². The van der Waals surface area contributed by atoms with Crippen LogP contribution < -0.4 is 19.0 Å². The van der Waals surface area contributed by atoms with Gasteiger partial charge in [-0.05, 0) is 37.3 Å². The van der Waals surface area contributed by atoms with E-state index in [0.717, 1.165) is 16.0 Å². The fourth-order valence-corrected chi connectivity index (χ4v) is 3.93. The number of para-hydroxylation sites is 1. The molecular formula is C18H16N2O4S. The number of aromatic nitrogens is 1. The third-order valence-electron chi connectivity index (χ3n) is 4.02. The lowest BCUT2D eigenvalue weighted by Crippen LogP contribution is -2.16. The van der Waals surface area contributed by atoms with Crippen molar-refractivity contribution in [3.8, 4) is 17.2 Å². The number of nitrogens with zero attached hydrogens (tertiary/aromatic N) is 2. The summed E-state index contributed by atoms with van der Waals surface area (Å²) in [6.45, 7) is 2.88. The van der Waals surface area contributed by atoms with Crippen molar-refractivity contribution in [3.05, 3.63) is 46.8 Å². The van der Waals surface area contributed by atoms with Crippen molar-refractivity contribution >= 4 is 27.5 Å². The van der Waals surface area contributed by atoms with Crippen LogP contribution in [0.5, 0.6) is 17.2 Å². The molecule has 1 aliphatic heterocycles. The van der Waals surface area contributed by atoms with Crippen molar-refractivity contribution in [2.24, 2.45) is 4.99 Å². The average Bonchev–Trinajstić information content (AvgIpc) is 3.24. The Balaban J connectivity index is 1.82. The number of amides is 1. The minimum absolute atomic E-state index is 0.177. The van der Waals surface area contributed by atoms with Crippen molar-refractivity contribution in [2.75, 3.05) is 13.9 Å². The zero-order valence-electron chi connectivity index (χ0n) is 13.8. The Morgan fingerprint density at radius 1 is 1.28 bits per heavy atom. The fraction of sp³-hybridized carbons (Fsp3) is 0.222. The van der Waals surface area contributed by atoms with Gasteiger partial charge in [0.05, 0.1) is 11.8 Å². The van der Waals surface area contributed by atoms with Gasteiger partial charge < -0.3 is 18.8 Å². The average molecular weight is 356 g/mol. The molecule has 2 heterocycles. The number of carbonyl (C=O) groups excluding carboxylic acids is 1. The quantitative estimate of drug-likeness (QED) is 0.723. The van der Waals surface area contributed by atoms with Gasteiger partial charge in [0.25, 0.3) is 5.91 Å². The van der Waals surface area contributed by atoms with Gasteiger partial charge >= 0.3 is 0 Å². The van der Waals surface area contributed by atoms with Crippen molar-refractivity contribution in [3.63, 3.8) is 0 Å². The van der Waals surface area contributed by atoms with E-state index in [1.165, 1.54) is 11.3 Å². The number of carbonyl (C=O) groups is 1. The number of benzene rings is 2. The van der Waals surface area contributed by atoms with Crippen LogP contribution in [0.2, 0.25) is 0 Å². The van der Waals surface area contributed by atoms with E-state index >= 15 is 0 Å². The molecule has 0 bridgehead atoms. The summed E-state index contributed by atoms with van der Waals surface area (Å²) in [6.07, 6.45) is 0. The molecule has 1 amide bonds. The molecule has 128 valence electrons. The minimum atomic E-state index is -0.314. The van der Waals surface area contributed by atoms with Gasteiger partial charge in [-0.2, -0.15) is 4.99 Å². The molecular weight excluding hydrogens is 340 g/mol. The highest BCUT2D eigenvalue weighted by Crippen LogP contribution is 2.32. The predicted molar refractivity (Wildman–Crippen MR) is 94.5 cm³/mol. The fourth-order valence-electron chi connectivity index (χ4n) is 2.82. The molecule has 0 unspecified atom stereocenters. The highest BCUT2D eigenvalue weighted by atomic mass is 32.1. The SMILES string of the molecule is CCn1c(=NC(=O)c2ccc3c(c2)OCO3)sc2cccc(OC)c21. The highest BCUT2D eigenvalue weighted by molar-refractivity contribution is 7.16. The molecule has 1 aromatic heterocycles. The molecule has 4 rings (SSSR count). The maximum atomic E-state index is 12.6. The second-order valence-corrected chi connectivity index (χ2v) is 6.43. The van der Waals surface area contributed by atoms with Gasteiger partial charge in [0.2, 0.25) is 6.79 Å². The maximum absolute atomic E-state index is 12.6. The first kappa shape index (κ1) is 15.7. The normalized spacial score (nSPS) is 13.4. The van der Waals surface area contributed by atoms with Crippen LogP contribution in [0, 0.1) is 0 Å². The molecule has 25 heavy (non-hydrogen) atoms. The predicted octanol–water partition coefficient (Wildman–Crippen LogP) is 3.20. The van der Waals surface area contributed by atoms with Crippen LogP contribution in [0.25, 0.3) is 10.2 Å². The summed E-state index contributed by atoms with van der Waals surface area (Å²) < 4.78 is 19.1. The molecule has 0 N–H and O–H groups in total. The first-order valence-corrected chi connectivity index (χ1v) is 8.68. The smallest absolute Gasteiger partial charge is 0.279 e. The number of ether oxygens (including phenoxy) is 3. The van der Waals surface area contributed by atoms with Gasteiger partial charge in [-0.15, -0.1) is 0 Å². The molecule has 6 nitrogen and oxygen atoms in total. The van der Waals surface area contributed by atoms with Crippen LogP contribution >= 0.6 is 11.3 Å². The number of thiazole rings is 1. The van der Waals surface area contributed by atoms with Gasteiger partial charge in [-0.1, -0.05) is 17.4 Å². The Hall–Kier alpha value is -2.80. The summed E-state index contributed by atoms with van der Waals surface area (Å²) >= 11 is 1.47. The van der Waals surface area contributed by atoms with Crippen molar-refractivity contribution < 1.29 is 19.0 Å². The van der Waals surface area contributed by atoms with Crippen molar-refractivity contribution in [2.45, 2.75) is 13.5 Å². The molecule has 1 aliphatic rings. The Kier molecular flexibility index (Phi) is 3.93. The van der Waals surface area contributed by atoms with Crippen LogP contribution in [0.15, 0.2) is 41.4 Å². The van der Waals surface area contributed by atoms with Gasteiger partial charge in [0.15, 0.2) is 16.3 Å². The van der Waals surface area contributed by atoms with Crippen LogP contribution in [0.4, 0.5) is 0 Å².